The van der Waals surface area contributed by atoms with Gasteiger partial charge in [-0.2, -0.15) is 4.98 Å². The number of likely N-dealkylation sites (tertiary alicyclic amines) is 1. The molecule has 12 heteroatoms. The molecule has 1 atom stereocenters. The van der Waals surface area contributed by atoms with Crippen molar-refractivity contribution in [2.45, 2.75) is 38.6 Å². The number of aromatic nitrogens is 4. The highest BCUT2D eigenvalue weighted by atomic mass is 19.1. The lowest BCUT2D eigenvalue weighted by atomic mass is 9.95. The minimum atomic E-state index is -0.426. The largest absolute Gasteiger partial charge is 0.368 e. The Balaban J connectivity index is 1.33. The summed E-state index contributed by atoms with van der Waals surface area (Å²) in [5.41, 5.74) is 8.03. The number of carbonyl (C=O) groups excluding carboxylic acids is 1. The zero-order valence-corrected chi connectivity index (χ0v) is 22.1. The van der Waals surface area contributed by atoms with Crippen LogP contribution in [-0.4, -0.2) is 83.1 Å². The first-order valence-corrected chi connectivity index (χ1v) is 13.4. The van der Waals surface area contributed by atoms with Crippen molar-refractivity contribution in [3.63, 3.8) is 0 Å². The van der Waals surface area contributed by atoms with Gasteiger partial charge in [0.15, 0.2) is 5.82 Å². The molecule has 204 valence electrons. The lowest BCUT2D eigenvalue weighted by Crippen LogP contribution is -2.50. The number of imidazole rings is 1. The number of rotatable bonds is 7. The van der Waals surface area contributed by atoms with Gasteiger partial charge in [-0.1, -0.05) is 6.08 Å². The Morgan fingerprint density at radius 3 is 2.82 bits per heavy atom. The number of piperidine rings is 1. The molecular weight excluding hydrogens is 487 g/mol. The summed E-state index contributed by atoms with van der Waals surface area (Å²) in [6.45, 7) is 6.83. The van der Waals surface area contributed by atoms with Crippen molar-refractivity contribution < 1.29 is 9.18 Å². The van der Waals surface area contributed by atoms with Crippen molar-refractivity contribution in [2.24, 2.45) is 11.7 Å². The number of nitrogens with zero attached hydrogens (tertiary/aromatic N) is 5. The number of H-pyrrole nitrogens is 1. The van der Waals surface area contributed by atoms with E-state index in [1.807, 2.05) is 17.0 Å². The van der Waals surface area contributed by atoms with Gasteiger partial charge in [0.1, 0.15) is 11.6 Å². The Morgan fingerprint density at radius 1 is 1.26 bits per heavy atom. The highest BCUT2D eigenvalue weighted by Crippen LogP contribution is 2.31. The number of hydrogen-bond acceptors (Lipinski definition) is 9. The molecule has 0 radical (unpaired) electrons. The molecule has 0 spiro atoms. The highest BCUT2D eigenvalue weighted by Gasteiger charge is 2.28. The van der Waals surface area contributed by atoms with E-state index in [2.05, 4.69) is 47.7 Å². The molecule has 2 aromatic rings. The van der Waals surface area contributed by atoms with Gasteiger partial charge in [0.2, 0.25) is 5.95 Å². The molecule has 1 unspecified atom stereocenters. The van der Waals surface area contributed by atoms with Gasteiger partial charge >= 0.3 is 0 Å². The van der Waals surface area contributed by atoms with E-state index in [-0.39, 0.29) is 17.7 Å². The third kappa shape index (κ3) is 5.51. The quantitative estimate of drug-likeness (QED) is 0.368. The Kier molecular flexibility index (Phi) is 7.89. The van der Waals surface area contributed by atoms with E-state index in [4.69, 9.17) is 5.73 Å². The lowest BCUT2D eigenvalue weighted by molar-refractivity contribution is 0.0954. The fraction of sp³-hybridized carbons (Fsp3) is 0.538. The van der Waals surface area contributed by atoms with Crippen LogP contribution in [0, 0.1) is 5.92 Å². The number of anilines is 2. The van der Waals surface area contributed by atoms with E-state index in [1.54, 1.807) is 13.2 Å². The summed E-state index contributed by atoms with van der Waals surface area (Å²) in [6.07, 6.45) is 6.18. The maximum atomic E-state index is 15.0. The Morgan fingerprint density at radius 2 is 2.08 bits per heavy atom. The smallest absolute Gasteiger partial charge is 0.291 e. The molecule has 0 saturated carbocycles. The molecular formula is C26H37FN10O. The third-order valence-corrected chi connectivity index (χ3v) is 7.54. The van der Waals surface area contributed by atoms with Crippen molar-refractivity contribution in [1.29, 1.82) is 0 Å². The van der Waals surface area contributed by atoms with Crippen molar-refractivity contribution in [1.82, 2.24) is 35.5 Å². The van der Waals surface area contributed by atoms with Gasteiger partial charge in [-0.25, -0.2) is 14.4 Å². The van der Waals surface area contributed by atoms with Crippen LogP contribution in [0.15, 0.2) is 35.6 Å². The molecule has 1 amide bonds. The molecule has 0 bridgehead atoms. The zero-order valence-electron chi connectivity index (χ0n) is 22.1. The maximum absolute atomic E-state index is 15.0. The molecule has 3 aliphatic rings. The lowest BCUT2D eigenvalue weighted by Gasteiger charge is -2.36. The number of hydrogen-bond donors (Lipinski definition) is 5. The molecule has 5 rings (SSSR count). The molecule has 2 saturated heterocycles. The molecule has 11 nitrogen and oxygen atoms in total. The van der Waals surface area contributed by atoms with Gasteiger partial charge in [0.05, 0.1) is 29.0 Å². The first kappa shape index (κ1) is 26.1. The van der Waals surface area contributed by atoms with Gasteiger partial charge in [-0.3, -0.25) is 4.79 Å². The number of aromatic amines is 1. The van der Waals surface area contributed by atoms with Crippen LogP contribution in [0.4, 0.5) is 16.2 Å². The van der Waals surface area contributed by atoms with E-state index in [9.17, 15) is 9.18 Å². The molecule has 2 aromatic heterocycles. The summed E-state index contributed by atoms with van der Waals surface area (Å²) in [6, 6.07) is 2.19. The number of carbonyl (C=O) groups is 1. The number of nitrogens with two attached hydrogens (primary N) is 1. The number of allylic oxidation sites excluding steroid dienone is 2. The molecule has 0 aromatic carbocycles. The van der Waals surface area contributed by atoms with Crippen LogP contribution in [0.25, 0.3) is 11.4 Å². The minimum absolute atomic E-state index is 0.134. The van der Waals surface area contributed by atoms with Crippen molar-refractivity contribution >= 4 is 17.7 Å². The Bertz CT molecular complexity index is 1220. The van der Waals surface area contributed by atoms with Crippen molar-refractivity contribution in [3.8, 4) is 11.4 Å². The van der Waals surface area contributed by atoms with E-state index < -0.39 is 5.91 Å². The summed E-state index contributed by atoms with van der Waals surface area (Å²) in [5, 5.41) is 9.31. The average Bonchev–Trinajstić information content (AvgIpc) is 3.44. The van der Waals surface area contributed by atoms with Crippen LogP contribution in [0.2, 0.25) is 0 Å². The summed E-state index contributed by atoms with van der Waals surface area (Å²) in [5.74, 6) is 1.27. The van der Waals surface area contributed by atoms with E-state index in [0.29, 0.717) is 54.0 Å². The molecule has 2 aliphatic heterocycles. The Hall–Kier alpha value is -3.51. The summed E-state index contributed by atoms with van der Waals surface area (Å²) in [7, 11) is 1.77. The van der Waals surface area contributed by atoms with Gasteiger partial charge in [0.25, 0.3) is 5.91 Å². The highest BCUT2D eigenvalue weighted by molar-refractivity contribution is 5.93. The summed E-state index contributed by atoms with van der Waals surface area (Å²) < 4.78 is 15.0. The summed E-state index contributed by atoms with van der Waals surface area (Å²) >= 11 is 0. The fourth-order valence-corrected chi connectivity index (χ4v) is 5.31. The number of amides is 1. The molecule has 2 fully saturated rings. The molecule has 6 N–H and O–H groups in total. The third-order valence-electron chi connectivity index (χ3n) is 7.54. The van der Waals surface area contributed by atoms with Crippen molar-refractivity contribution in [3.05, 3.63) is 41.4 Å². The molecule has 38 heavy (non-hydrogen) atoms. The van der Waals surface area contributed by atoms with Gasteiger partial charge < -0.3 is 36.5 Å². The average molecular weight is 525 g/mol. The van der Waals surface area contributed by atoms with E-state index >= 15 is 0 Å². The fourth-order valence-electron chi connectivity index (χ4n) is 5.31. The monoisotopic (exact) mass is 524 g/mol. The van der Waals surface area contributed by atoms with Gasteiger partial charge in [-0.05, 0) is 38.6 Å². The Labute approximate surface area is 222 Å². The van der Waals surface area contributed by atoms with Crippen molar-refractivity contribution in [2.75, 3.05) is 56.5 Å². The van der Waals surface area contributed by atoms with Crippen LogP contribution < -0.4 is 26.6 Å². The second kappa shape index (κ2) is 11.5. The first-order valence-electron chi connectivity index (χ1n) is 13.4. The predicted molar refractivity (Wildman–Crippen MR) is 145 cm³/mol. The normalized spacial score (nSPS) is 20.9. The molecule has 1 aliphatic carbocycles. The predicted octanol–water partition coefficient (Wildman–Crippen LogP) is 1.97. The summed E-state index contributed by atoms with van der Waals surface area (Å²) in [4.78, 5) is 34.1. The van der Waals surface area contributed by atoms with Gasteiger partial charge in [0, 0.05) is 58.3 Å². The number of nitrogens with one attached hydrogen (secondary N) is 4. The number of piperazine rings is 1. The van der Waals surface area contributed by atoms with Crippen LogP contribution in [0.1, 0.15) is 43.2 Å². The SMILES string of the molecule is CNc1nc(-c2cnc(C(=O)NC3=CCCC(F)=C3N3CCC(CN)CC3)[nH]2)cc(N2CCNCC2C)n1. The topological polar surface area (TPSA) is 140 Å². The maximum Gasteiger partial charge on any atom is 0.291 e. The van der Waals surface area contributed by atoms with Crippen LogP contribution >= 0.6 is 0 Å². The minimum Gasteiger partial charge on any atom is -0.368 e. The van der Waals surface area contributed by atoms with Crippen LogP contribution in [0.3, 0.4) is 0 Å². The van der Waals surface area contributed by atoms with E-state index in [0.717, 1.165) is 51.4 Å². The van der Waals surface area contributed by atoms with Gasteiger partial charge in [-0.15, -0.1) is 0 Å². The second-order valence-corrected chi connectivity index (χ2v) is 10.1. The zero-order chi connectivity index (χ0) is 26.6. The van der Waals surface area contributed by atoms with Crippen LogP contribution in [0.5, 0.6) is 0 Å². The first-order chi connectivity index (χ1) is 18.5. The number of halogens is 1. The van der Waals surface area contributed by atoms with E-state index in [1.165, 1.54) is 0 Å². The molecule has 4 heterocycles. The second-order valence-electron chi connectivity index (χ2n) is 10.1. The van der Waals surface area contributed by atoms with Crippen LogP contribution in [-0.2, 0) is 0 Å². The standard InChI is InChI=1S/C26H37FN10O/c1-16-14-30-8-11-37(16)22-12-20(34-26(29-2)35-22)21-15-31-24(32-21)25(38)33-19-5-3-4-18(27)23(19)36-9-6-17(13-28)7-10-36/h5,12,15-17,30H,3-4,6-11,13-14,28H2,1-2H3,(H,31,32)(H,33,38)(H,29,34,35).